The summed E-state index contributed by atoms with van der Waals surface area (Å²) in [4.78, 5) is 4.45. The standard InChI is InChI=1S/C29H28N2/c1-21-15-16-26(25-12-7-11-24(17-25)23-9-5-4-6-10-23)18-29(21)28-14-8-13-27(22(28)2)19-31-20-30-3/h4-19,30H,20H2,1-3H3. The predicted molar refractivity (Wildman–Crippen MR) is 134 cm³/mol. The highest BCUT2D eigenvalue weighted by Gasteiger charge is 2.10. The van der Waals surface area contributed by atoms with E-state index >= 15 is 0 Å². The van der Waals surface area contributed by atoms with Crippen molar-refractivity contribution in [1.82, 2.24) is 5.32 Å². The summed E-state index contributed by atoms with van der Waals surface area (Å²) < 4.78 is 0. The van der Waals surface area contributed by atoms with Crippen LogP contribution in [0, 0.1) is 13.8 Å². The van der Waals surface area contributed by atoms with Crippen molar-refractivity contribution in [2.45, 2.75) is 13.8 Å². The first kappa shape index (κ1) is 20.8. The average Bonchev–Trinajstić information content (AvgIpc) is 2.81. The molecule has 4 aromatic carbocycles. The first-order valence-corrected chi connectivity index (χ1v) is 10.7. The molecule has 0 saturated carbocycles. The maximum Gasteiger partial charge on any atom is 0.0882 e. The Balaban J connectivity index is 1.75. The zero-order valence-corrected chi connectivity index (χ0v) is 18.4. The van der Waals surface area contributed by atoms with Gasteiger partial charge in [0.25, 0.3) is 0 Å². The van der Waals surface area contributed by atoms with Crippen LogP contribution in [0.25, 0.3) is 33.4 Å². The molecule has 0 aliphatic rings. The van der Waals surface area contributed by atoms with Crippen molar-refractivity contribution in [2.75, 3.05) is 13.7 Å². The van der Waals surface area contributed by atoms with Gasteiger partial charge in [-0.3, -0.25) is 4.99 Å². The second kappa shape index (κ2) is 9.55. The molecule has 0 radical (unpaired) electrons. The van der Waals surface area contributed by atoms with E-state index in [4.69, 9.17) is 0 Å². The summed E-state index contributed by atoms with van der Waals surface area (Å²) in [5.41, 5.74) is 11.1. The van der Waals surface area contributed by atoms with Crippen LogP contribution in [0.2, 0.25) is 0 Å². The van der Waals surface area contributed by atoms with Crippen molar-refractivity contribution >= 4 is 6.21 Å². The number of aliphatic imine (C=N–C) groups is 1. The van der Waals surface area contributed by atoms with E-state index in [0.29, 0.717) is 6.67 Å². The van der Waals surface area contributed by atoms with E-state index in [1.54, 1.807) is 0 Å². The van der Waals surface area contributed by atoms with Crippen molar-refractivity contribution in [3.05, 3.63) is 108 Å². The summed E-state index contributed by atoms with van der Waals surface area (Å²) in [6.07, 6.45) is 1.96. The summed E-state index contributed by atoms with van der Waals surface area (Å²) in [6.45, 7) is 4.98. The van der Waals surface area contributed by atoms with Crippen LogP contribution in [0.5, 0.6) is 0 Å². The molecule has 0 unspecified atom stereocenters. The molecule has 2 nitrogen and oxygen atoms in total. The topological polar surface area (TPSA) is 24.4 Å². The largest absolute Gasteiger partial charge is 0.301 e. The highest BCUT2D eigenvalue weighted by molar-refractivity contribution is 5.87. The normalized spacial score (nSPS) is 11.2. The van der Waals surface area contributed by atoms with Crippen molar-refractivity contribution in [3.63, 3.8) is 0 Å². The maximum atomic E-state index is 4.45. The molecule has 0 aliphatic carbocycles. The lowest BCUT2D eigenvalue weighted by Crippen LogP contribution is -2.05. The first-order chi connectivity index (χ1) is 15.2. The second-order valence-electron chi connectivity index (χ2n) is 7.82. The molecule has 1 N–H and O–H groups in total. The van der Waals surface area contributed by atoms with Gasteiger partial charge in [0.1, 0.15) is 0 Å². The summed E-state index contributed by atoms with van der Waals surface area (Å²) in [5, 5.41) is 3.06. The van der Waals surface area contributed by atoms with Gasteiger partial charge in [-0.2, -0.15) is 0 Å². The second-order valence-corrected chi connectivity index (χ2v) is 7.82. The summed E-state index contributed by atoms with van der Waals surface area (Å²) in [6, 6.07) is 32.5. The number of hydrogen-bond donors (Lipinski definition) is 1. The third-order valence-electron chi connectivity index (χ3n) is 5.69. The molecule has 0 aromatic heterocycles. The molecule has 2 heteroatoms. The molecule has 31 heavy (non-hydrogen) atoms. The van der Waals surface area contributed by atoms with Crippen LogP contribution in [0.4, 0.5) is 0 Å². The SMILES string of the molecule is CNCN=Cc1cccc(-c2cc(-c3cccc(-c4ccccc4)c3)ccc2C)c1C. The lowest BCUT2D eigenvalue weighted by atomic mass is 9.90. The van der Waals surface area contributed by atoms with E-state index in [2.05, 4.69) is 115 Å². The Morgan fingerprint density at radius 1 is 0.677 bits per heavy atom. The highest BCUT2D eigenvalue weighted by atomic mass is 15.0. The van der Waals surface area contributed by atoms with Gasteiger partial charge in [0.2, 0.25) is 0 Å². The number of aryl methyl sites for hydroxylation is 1. The Labute approximate surface area is 185 Å². The fraction of sp³-hybridized carbons (Fsp3) is 0.138. The van der Waals surface area contributed by atoms with Gasteiger partial charge in [0.05, 0.1) is 6.67 Å². The van der Waals surface area contributed by atoms with Crippen LogP contribution >= 0.6 is 0 Å². The average molecular weight is 405 g/mol. The maximum absolute atomic E-state index is 4.45. The minimum atomic E-state index is 0.621. The third kappa shape index (κ3) is 4.65. The van der Waals surface area contributed by atoms with Gasteiger partial charge in [0.15, 0.2) is 0 Å². The monoisotopic (exact) mass is 404 g/mol. The fourth-order valence-electron chi connectivity index (χ4n) is 3.92. The molecule has 154 valence electrons. The van der Waals surface area contributed by atoms with Gasteiger partial charge in [-0.15, -0.1) is 0 Å². The van der Waals surface area contributed by atoms with Crippen molar-refractivity contribution in [3.8, 4) is 33.4 Å². The van der Waals surface area contributed by atoms with Crippen molar-refractivity contribution in [1.29, 1.82) is 0 Å². The minimum Gasteiger partial charge on any atom is -0.301 e. The minimum absolute atomic E-state index is 0.621. The fourth-order valence-corrected chi connectivity index (χ4v) is 3.92. The van der Waals surface area contributed by atoms with Crippen LogP contribution in [0.1, 0.15) is 16.7 Å². The van der Waals surface area contributed by atoms with E-state index in [9.17, 15) is 0 Å². The van der Waals surface area contributed by atoms with Crippen LogP contribution in [0.15, 0.2) is 96.0 Å². The molecule has 0 bridgehead atoms. The van der Waals surface area contributed by atoms with Gasteiger partial charge in [-0.25, -0.2) is 0 Å². The van der Waals surface area contributed by atoms with Crippen LogP contribution in [-0.4, -0.2) is 19.9 Å². The number of nitrogens with zero attached hydrogens (tertiary/aromatic N) is 1. The lowest BCUT2D eigenvalue weighted by molar-refractivity contribution is 0.838. The Morgan fingerprint density at radius 2 is 1.35 bits per heavy atom. The smallest absolute Gasteiger partial charge is 0.0882 e. The Bertz CT molecular complexity index is 1210. The zero-order valence-electron chi connectivity index (χ0n) is 18.4. The van der Waals surface area contributed by atoms with Crippen molar-refractivity contribution < 1.29 is 0 Å². The van der Waals surface area contributed by atoms with E-state index < -0.39 is 0 Å². The number of benzene rings is 4. The van der Waals surface area contributed by atoms with Crippen LogP contribution in [-0.2, 0) is 0 Å². The molecule has 0 atom stereocenters. The molecule has 0 fully saturated rings. The highest BCUT2D eigenvalue weighted by Crippen LogP contribution is 2.33. The predicted octanol–water partition coefficient (Wildman–Crippen LogP) is 6.90. The third-order valence-corrected chi connectivity index (χ3v) is 5.69. The molecule has 0 saturated heterocycles. The van der Waals surface area contributed by atoms with Crippen LogP contribution < -0.4 is 5.32 Å². The van der Waals surface area contributed by atoms with E-state index in [1.165, 1.54) is 44.5 Å². The van der Waals surface area contributed by atoms with Gasteiger partial charge in [-0.1, -0.05) is 78.9 Å². The number of nitrogens with one attached hydrogen (secondary N) is 1. The Kier molecular flexibility index (Phi) is 6.40. The van der Waals surface area contributed by atoms with E-state index in [1.807, 2.05) is 13.3 Å². The van der Waals surface area contributed by atoms with Gasteiger partial charge >= 0.3 is 0 Å². The zero-order chi connectivity index (χ0) is 21.6. The van der Waals surface area contributed by atoms with E-state index in [-0.39, 0.29) is 0 Å². The summed E-state index contributed by atoms with van der Waals surface area (Å²) in [5.74, 6) is 0. The van der Waals surface area contributed by atoms with Gasteiger partial charge in [0, 0.05) is 6.21 Å². The Morgan fingerprint density at radius 3 is 2.13 bits per heavy atom. The summed E-state index contributed by atoms with van der Waals surface area (Å²) in [7, 11) is 1.91. The van der Waals surface area contributed by atoms with E-state index in [0.717, 1.165) is 5.56 Å². The first-order valence-electron chi connectivity index (χ1n) is 10.7. The lowest BCUT2D eigenvalue weighted by Gasteiger charge is -2.14. The molecule has 0 amide bonds. The molecular formula is C29H28N2. The quantitative estimate of drug-likeness (QED) is 0.347. The molecule has 0 spiro atoms. The molecule has 0 aliphatic heterocycles. The van der Waals surface area contributed by atoms with Crippen molar-refractivity contribution in [2.24, 2.45) is 4.99 Å². The molecule has 0 heterocycles. The summed E-state index contributed by atoms with van der Waals surface area (Å²) >= 11 is 0. The number of hydrogen-bond acceptors (Lipinski definition) is 2. The number of rotatable bonds is 6. The Hall–Kier alpha value is -3.49. The van der Waals surface area contributed by atoms with Gasteiger partial charge < -0.3 is 5.32 Å². The molecular weight excluding hydrogens is 376 g/mol. The molecule has 4 rings (SSSR count). The molecule has 4 aromatic rings. The van der Waals surface area contributed by atoms with Gasteiger partial charge in [-0.05, 0) is 83.1 Å². The van der Waals surface area contributed by atoms with Crippen LogP contribution in [0.3, 0.4) is 0 Å².